The zero-order valence-corrected chi connectivity index (χ0v) is 9.14. The Morgan fingerprint density at radius 2 is 2.19 bits per heavy atom. The first-order chi connectivity index (χ1) is 7.83. The molecule has 0 spiro atoms. The Balaban J connectivity index is 2.18. The Bertz CT molecular complexity index is 609. The Morgan fingerprint density at radius 1 is 1.25 bits per heavy atom. The molecule has 2 nitrogen and oxygen atoms in total. The third kappa shape index (κ3) is 1.52. The molecule has 1 aromatic carbocycles. The van der Waals surface area contributed by atoms with Crippen molar-refractivity contribution in [2.24, 2.45) is 0 Å². The highest BCUT2D eigenvalue weighted by atomic mass is 14.9. The second kappa shape index (κ2) is 3.56. The van der Waals surface area contributed by atoms with Crippen LogP contribution in [0.1, 0.15) is 17.8 Å². The summed E-state index contributed by atoms with van der Waals surface area (Å²) in [6.07, 6.45) is 9.48. The van der Waals surface area contributed by atoms with Crippen LogP contribution in [-0.2, 0) is 0 Å². The summed E-state index contributed by atoms with van der Waals surface area (Å²) in [4.78, 5) is 8.64. The van der Waals surface area contributed by atoms with Crippen molar-refractivity contribution in [1.29, 1.82) is 0 Å². The van der Waals surface area contributed by atoms with Gasteiger partial charge in [-0.2, -0.15) is 0 Å². The van der Waals surface area contributed by atoms with Gasteiger partial charge in [-0.25, -0.2) is 9.97 Å². The lowest BCUT2D eigenvalue weighted by Gasteiger charge is -2.03. The van der Waals surface area contributed by atoms with E-state index in [2.05, 4.69) is 46.4 Å². The summed E-state index contributed by atoms with van der Waals surface area (Å²) in [6.45, 7) is 1.92. The van der Waals surface area contributed by atoms with Gasteiger partial charge in [0.2, 0.25) is 0 Å². The van der Waals surface area contributed by atoms with Crippen LogP contribution in [0.25, 0.3) is 16.5 Å². The highest BCUT2D eigenvalue weighted by Crippen LogP contribution is 2.24. The number of nitrogens with zero attached hydrogens (tertiary/aromatic N) is 2. The van der Waals surface area contributed by atoms with Crippen LogP contribution in [0.4, 0.5) is 0 Å². The van der Waals surface area contributed by atoms with Crippen molar-refractivity contribution in [3.8, 4) is 0 Å². The quantitative estimate of drug-likeness (QED) is 0.718. The molecule has 78 valence electrons. The molecule has 2 aromatic rings. The fourth-order valence-electron chi connectivity index (χ4n) is 1.97. The first kappa shape index (κ1) is 9.28. The van der Waals surface area contributed by atoms with Crippen molar-refractivity contribution in [1.82, 2.24) is 9.97 Å². The molecule has 0 amide bonds. The van der Waals surface area contributed by atoms with E-state index in [1.54, 1.807) is 0 Å². The third-order valence-electron chi connectivity index (χ3n) is 2.81. The van der Waals surface area contributed by atoms with Crippen LogP contribution in [0, 0.1) is 6.92 Å². The molecule has 1 heterocycles. The highest BCUT2D eigenvalue weighted by Gasteiger charge is 2.03. The number of aryl methyl sites for hydroxylation is 1. The van der Waals surface area contributed by atoms with E-state index in [0.29, 0.717) is 0 Å². The molecular weight excluding hydrogens is 196 g/mol. The molecule has 1 aliphatic rings. The predicted octanol–water partition coefficient (Wildman–Crippen LogP) is 3.28. The molecule has 0 aliphatic heterocycles. The van der Waals surface area contributed by atoms with Crippen molar-refractivity contribution in [2.45, 2.75) is 13.3 Å². The number of allylic oxidation sites excluding steroid dienone is 4. The molecular formula is C14H12N2. The van der Waals surface area contributed by atoms with Gasteiger partial charge < -0.3 is 0 Å². The van der Waals surface area contributed by atoms with E-state index in [1.165, 1.54) is 11.1 Å². The summed E-state index contributed by atoms with van der Waals surface area (Å²) in [5.74, 6) is 0.820. The second-order valence-electron chi connectivity index (χ2n) is 3.99. The molecule has 0 saturated heterocycles. The Morgan fingerprint density at radius 3 is 3.00 bits per heavy atom. The van der Waals surface area contributed by atoms with Gasteiger partial charge in [-0.1, -0.05) is 30.4 Å². The van der Waals surface area contributed by atoms with E-state index in [4.69, 9.17) is 0 Å². The minimum atomic E-state index is 0.820. The minimum Gasteiger partial charge on any atom is -0.241 e. The monoisotopic (exact) mass is 208 g/mol. The van der Waals surface area contributed by atoms with Gasteiger partial charge in [0.15, 0.2) is 0 Å². The lowest BCUT2D eigenvalue weighted by molar-refractivity contribution is 1.09. The number of fused-ring (bicyclic) bond motifs is 1. The molecule has 0 unspecified atom stereocenters. The molecule has 0 atom stereocenters. The van der Waals surface area contributed by atoms with E-state index in [1.807, 2.05) is 13.1 Å². The lowest BCUT2D eigenvalue weighted by Crippen LogP contribution is -1.89. The zero-order chi connectivity index (χ0) is 11.0. The first-order valence-corrected chi connectivity index (χ1v) is 5.43. The van der Waals surface area contributed by atoms with Gasteiger partial charge in [-0.05, 0) is 30.5 Å². The van der Waals surface area contributed by atoms with Crippen LogP contribution in [0.3, 0.4) is 0 Å². The van der Waals surface area contributed by atoms with E-state index in [0.717, 1.165) is 23.1 Å². The van der Waals surface area contributed by atoms with Gasteiger partial charge in [0.05, 0.1) is 5.52 Å². The summed E-state index contributed by atoms with van der Waals surface area (Å²) in [6, 6.07) is 6.34. The average Bonchev–Trinajstić information content (AvgIpc) is 2.81. The first-order valence-electron chi connectivity index (χ1n) is 5.43. The topological polar surface area (TPSA) is 25.8 Å². The van der Waals surface area contributed by atoms with E-state index >= 15 is 0 Å². The van der Waals surface area contributed by atoms with Crippen molar-refractivity contribution < 1.29 is 0 Å². The van der Waals surface area contributed by atoms with Gasteiger partial charge in [0.25, 0.3) is 0 Å². The summed E-state index contributed by atoms with van der Waals surface area (Å²) < 4.78 is 0. The Hall–Kier alpha value is -1.96. The van der Waals surface area contributed by atoms with Crippen molar-refractivity contribution in [2.75, 3.05) is 0 Å². The molecule has 0 fully saturated rings. The van der Waals surface area contributed by atoms with Crippen LogP contribution in [0.5, 0.6) is 0 Å². The molecule has 0 radical (unpaired) electrons. The van der Waals surface area contributed by atoms with Crippen molar-refractivity contribution in [3.05, 3.63) is 54.0 Å². The highest BCUT2D eigenvalue weighted by molar-refractivity contribution is 5.85. The molecule has 3 rings (SSSR count). The third-order valence-corrected chi connectivity index (χ3v) is 2.81. The number of hydrogen-bond donors (Lipinski definition) is 0. The molecule has 16 heavy (non-hydrogen) atoms. The fraction of sp³-hybridized carbons (Fsp3) is 0.143. The lowest BCUT2D eigenvalue weighted by atomic mass is 10.1. The maximum atomic E-state index is 4.45. The summed E-state index contributed by atoms with van der Waals surface area (Å²) in [5.41, 5.74) is 3.55. The van der Waals surface area contributed by atoms with Gasteiger partial charge in [-0.3, -0.25) is 0 Å². The van der Waals surface area contributed by atoms with E-state index in [9.17, 15) is 0 Å². The summed E-state index contributed by atoms with van der Waals surface area (Å²) in [5, 5.41) is 1.09. The van der Waals surface area contributed by atoms with Crippen LogP contribution >= 0.6 is 0 Å². The van der Waals surface area contributed by atoms with Crippen LogP contribution in [-0.4, -0.2) is 9.97 Å². The molecule has 0 saturated carbocycles. The van der Waals surface area contributed by atoms with Gasteiger partial charge >= 0.3 is 0 Å². The molecule has 1 aliphatic carbocycles. The Kier molecular flexibility index (Phi) is 2.07. The fourth-order valence-corrected chi connectivity index (χ4v) is 1.97. The zero-order valence-electron chi connectivity index (χ0n) is 9.14. The minimum absolute atomic E-state index is 0.820. The van der Waals surface area contributed by atoms with E-state index in [-0.39, 0.29) is 0 Å². The van der Waals surface area contributed by atoms with Crippen LogP contribution < -0.4 is 0 Å². The smallest absolute Gasteiger partial charge is 0.125 e. The number of rotatable bonds is 1. The summed E-state index contributed by atoms with van der Waals surface area (Å²) in [7, 11) is 0. The molecule has 0 N–H and O–H groups in total. The second-order valence-corrected chi connectivity index (χ2v) is 3.99. The van der Waals surface area contributed by atoms with Crippen LogP contribution in [0.15, 0.2) is 42.6 Å². The standard InChI is InChI=1S/C14H12N2/c1-10-15-9-13-7-6-12(8-14(13)16-10)11-4-2-3-5-11/h2,4-9H,3H2,1H3. The van der Waals surface area contributed by atoms with Crippen molar-refractivity contribution in [3.63, 3.8) is 0 Å². The number of hydrogen-bond acceptors (Lipinski definition) is 2. The maximum absolute atomic E-state index is 4.45. The maximum Gasteiger partial charge on any atom is 0.125 e. The van der Waals surface area contributed by atoms with Gasteiger partial charge in [-0.15, -0.1) is 0 Å². The number of aromatic nitrogens is 2. The summed E-state index contributed by atoms with van der Waals surface area (Å²) >= 11 is 0. The van der Waals surface area contributed by atoms with Gasteiger partial charge in [0.1, 0.15) is 5.82 Å². The van der Waals surface area contributed by atoms with Gasteiger partial charge in [0, 0.05) is 11.6 Å². The number of benzene rings is 1. The predicted molar refractivity (Wildman–Crippen MR) is 66.0 cm³/mol. The molecule has 1 aromatic heterocycles. The average molecular weight is 208 g/mol. The Labute approximate surface area is 94.4 Å². The van der Waals surface area contributed by atoms with E-state index < -0.39 is 0 Å². The molecule has 0 bridgehead atoms. The normalized spacial score (nSPS) is 14.4. The van der Waals surface area contributed by atoms with Crippen molar-refractivity contribution >= 4 is 16.5 Å². The largest absolute Gasteiger partial charge is 0.241 e. The SMILES string of the molecule is Cc1ncc2ccc(C3=CCC=C3)cc2n1. The molecule has 2 heteroatoms. The van der Waals surface area contributed by atoms with Crippen LogP contribution in [0.2, 0.25) is 0 Å².